The largest absolute Gasteiger partial charge is 0.497 e. The molecule has 3 rings (SSSR count). The number of nitrogen functional groups attached to an aromatic ring is 1. The van der Waals surface area contributed by atoms with Crippen LogP contribution in [0, 0.1) is 0 Å². The van der Waals surface area contributed by atoms with Crippen LogP contribution in [0.1, 0.15) is 12.5 Å². The lowest BCUT2D eigenvalue weighted by Gasteiger charge is -2.30. The lowest BCUT2D eigenvalue weighted by atomic mass is 10.1. The Bertz CT molecular complexity index is 647. The Balaban J connectivity index is 1.86. The predicted molar refractivity (Wildman–Crippen MR) is 89.9 cm³/mol. The van der Waals surface area contributed by atoms with Gasteiger partial charge in [0.1, 0.15) is 11.6 Å². The Morgan fingerprint density at radius 2 is 2.29 bits per heavy atom. The summed E-state index contributed by atoms with van der Waals surface area (Å²) in [7, 11) is 1.66. The first-order chi connectivity index (χ1) is 10.2. The van der Waals surface area contributed by atoms with Gasteiger partial charge in [0, 0.05) is 47.7 Å². The van der Waals surface area contributed by atoms with E-state index in [1.54, 1.807) is 7.11 Å². The van der Waals surface area contributed by atoms with Crippen LogP contribution < -0.4 is 10.5 Å². The number of nitrogens with two attached hydrogens (primary N) is 1. The maximum absolute atomic E-state index is 6.15. The highest BCUT2D eigenvalue weighted by Gasteiger charge is 2.18. The number of hydrogen-bond donors (Lipinski definition) is 1. The van der Waals surface area contributed by atoms with Crippen LogP contribution in [-0.2, 0) is 6.54 Å². The molecule has 0 radical (unpaired) electrons. The maximum atomic E-state index is 6.15. The van der Waals surface area contributed by atoms with Crippen LogP contribution >= 0.6 is 11.8 Å². The molecule has 112 valence electrons. The zero-order valence-electron chi connectivity index (χ0n) is 12.5. The summed E-state index contributed by atoms with van der Waals surface area (Å²) in [5.74, 6) is 2.63. The molecule has 1 fully saturated rings. The molecule has 2 aromatic rings. The number of pyridine rings is 1. The van der Waals surface area contributed by atoms with Crippen LogP contribution in [-0.4, -0.2) is 41.1 Å². The number of ether oxygens (including phenoxy) is 1. The lowest BCUT2D eigenvalue weighted by molar-refractivity contribution is 0.279. The molecule has 1 saturated heterocycles. The van der Waals surface area contributed by atoms with E-state index in [1.165, 1.54) is 5.75 Å². The average Bonchev–Trinajstić information content (AvgIpc) is 2.47. The minimum atomic E-state index is 0.627. The Morgan fingerprint density at radius 3 is 3.05 bits per heavy atom. The zero-order chi connectivity index (χ0) is 14.8. The maximum Gasteiger partial charge on any atom is 0.128 e. The molecule has 0 spiro atoms. The van der Waals surface area contributed by atoms with E-state index in [9.17, 15) is 0 Å². The van der Waals surface area contributed by atoms with Crippen molar-refractivity contribution < 1.29 is 4.74 Å². The van der Waals surface area contributed by atoms with E-state index in [2.05, 4.69) is 22.9 Å². The lowest BCUT2D eigenvalue weighted by Crippen LogP contribution is -2.36. The molecular formula is C16H21N3OS. The standard InChI is InChI=1S/C16H21N3OS/c1-11-9-19(5-6-21-11)10-13-7-12-3-4-14(20-2)8-15(12)18-16(13)17/h3-4,7-8,11H,5-6,9-10H2,1-2H3,(H2,17,18). The number of rotatable bonds is 3. The fourth-order valence-electron chi connectivity index (χ4n) is 2.73. The van der Waals surface area contributed by atoms with Crippen LogP contribution in [0.15, 0.2) is 24.3 Å². The Morgan fingerprint density at radius 1 is 1.43 bits per heavy atom. The van der Waals surface area contributed by atoms with E-state index in [4.69, 9.17) is 10.5 Å². The second-order valence-electron chi connectivity index (χ2n) is 5.51. The third kappa shape index (κ3) is 3.24. The molecule has 0 saturated carbocycles. The van der Waals surface area contributed by atoms with Crippen molar-refractivity contribution in [3.8, 4) is 5.75 Å². The van der Waals surface area contributed by atoms with Crippen molar-refractivity contribution >= 4 is 28.5 Å². The fraction of sp³-hybridized carbons (Fsp3) is 0.438. The van der Waals surface area contributed by atoms with Crippen molar-refractivity contribution in [3.63, 3.8) is 0 Å². The molecule has 0 bridgehead atoms. The predicted octanol–water partition coefficient (Wildman–Crippen LogP) is 2.76. The highest BCUT2D eigenvalue weighted by atomic mass is 32.2. The summed E-state index contributed by atoms with van der Waals surface area (Å²) in [6.07, 6.45) is 0. The molecule has 5 heteroatoms. The van der Waals surface area contributed by atoms with E-state index in [0.717, 1.165) is 41.9 Å². The summed E-state index contributed by atoms with van der Waals surface area (Å²) in [5.41, 5.74) is 8.15. The van der Waals surface area contributed by atoms with Gasteiger partial charge >= 0.3 is 0 Å². The second kappa shape index (κ2) is 6.12. The minimum Gasteiger partial charge on any atom is -0.497 e. The molecule has 0 amide bonds. The van der Waals surface area contributed by atoms with Gasteiger partial charge in [-0.05, 0) is 18.2 Å². The van der Waals surface area contributed by atoms with Gasteiger partial charge in [-0.15, -0.1) is 0 Å². The number of fused-ring (bicyclic) bond motifs is 1. The molecular weight excluding hydrogens is 282 g/mol. The monoisotopic (exact) mass is 303 g/mol. The van der Waals surface area contributed by atoms with Crippen molar-refractivity contribution in [1.82, 2.24) is 9.88 Å². The Kier molecular flexibility index (Phi) is 4.22. The number of anilines is 1. The summed E-state index contributed by atoms with van der Waals surface area (Å²) in [5, 5.41) is 1.80. The SMILES string of the molecule is COc1ccc2cc(CN3CCSC(C)C3)c(N)nc2c1. The van der Waals surface area contributed by atoms with E-state index >= 15 is 0 Å². The molecule has 1 aliphatic heterocycles. The third-order valence-corrected chi connectivity index (χ3v) is 4.99. The van der Waals surface area contributed by atoms with Gasteiger partial charge in [0.25, 0.3) is 0 Å². The van der Waals surface area contributed by atoms with Crippen LogP contribution in [0.5, 0.6) is 5.75 Å². The van der Waals surface area contributed by atoms with Crippen molar-refractivity contribution in [2.75, 3.05) is 31.7 Å². The van der Waals surface area contributed by atoms with Crippen molar-refractivity contribution in [3.05, 3.63) is 29.8 Å². The van der Waals surface area contributed by atoms with Gasteiger partial charge in [-0.2, -0.15) is 11.8 Å². The number of benzene rings is 1. The summed E-state index contributed by atoms with van der Waals surface area (Å²) in [6.45, 7) is 5.40. The number of nitrogens with zero attached hydrogens (tertiary/aromatic N) is 2. The fourth-order valence-corrected chi connectivity index (χ4v) is 3.82. The van der Waals surface area contributed by atoms with Crippen LogP contribution in [0.25, 0.3) is 10.9 Å². The minimum absolute atomic E-state index is 0.627. The molecule has 4 nitrogen and oxygen atoms in total. The summed E-state index contributed by atoms with van der Waals surface area (Å²) in [4.78, 5) is 7.00. The molecule has 1 atom stereocenters. The van der Waals surface area contributed by atoms with Gasteiger partial charge in [0.15, 0.2) is 0 Å². The molecule has 21 heavy (non-hydrogen) atoms. The number of aromatic nitrogens is 1. The molecule has 1 aromatic carbocycles. The Labute approximate surface area is 129 Å². The van der Waals surface area contributed by atoms with Gasteiger partial charge in [0.05, 0.1) is 12.6 Å². The first kappa shape index (κ1) is 14.5. The van der Waals surface area contributed by atoms with E-state index in [1.807, 2.05) is 30.0 Å². The number of thioether (sulfide) groups is 1. The van der Waals surface area contributed by atoms with E-state index in [0.29, 0.717) is 11.1 Å². The normalized spacial score (nSPS) is 19.8. The molecule has 2 heterocycles. The highest BCUT2D eigenvalue weighted by Crippen LogP contribution is 2.25. The topological polar surface area (TPSA) is 51.4 Å². The third-order valence-electron chi connectivity index (χ3n) is 3.86. The van der Waals surface area contributed by atoms with Gasteiger partial charge in [-0.25, -0.2) is 4.98 Å². The summed E-state index contributed by atoms with van der Waals surface area (Å²) < 4.78 is 5.23. The van der Waals surface area contributed by atoms with Crippen molar-refractivity contribution in [1.29, 1.82) is 0 Å². The molecule has 1 aromatic heterocycles. The summed E-state index contributed by atoms with van der Waals surface area (Å²) in [6, 6.07) is 8.08. The van der Waals surface area contributed by atoms with Gasteiger partial charge in [0.2, 0.25) is 0 Å². The molecule has 2 N–H and O–H groups in total. The number of methoxy groups -OCH3 is 1. The van der Waals surface area contributed by atoms with E-state index < -0.39 is 0 Å². The van der Waals surface area contributed by atoms with Crippen LogP contribution in [0.2, 0.25) is 0 Å². The van der Waals surface area contributed by atoms with Crippen molar-refractivity contribution in [2.45, 2.75) is 18.7 Å². The van der Waals surface area contributed by atoms with Gasteiger partial charge < -0.3 is 10.5 Å². The van der Waals surface area contributed by atoms with Crippen LogP contribution in [0.4, 0.5) is 5.82 Å². The number of hydrogen-bond acceptors (Lipinski definition) is 5. The van der Waals surface area contributed by atoms with E-state index in [-0.39, 0.29) is 0 Å². The highest BCUT2D eigenvalue weighted by molar-refractivity contribution is 7.99. The Hall–Kier alpha value is -1.46. The zero-order valence-corrected chi connectivity index (χ0v) is 13.3. The summed E-state index contributed by atoms with van der Waals surface area (Å²) >= 11 is 2.04. The van der Waals surface area contributed by atoms with Crippen molar-refractivity contribution in [2.24, 2.45) is 0 Å². The molecule has 1 aliphatic rings. The quantitative estimate of drug-likeness (QED) is 0.945. The van der Waals surface area contributed by atoms with Crippen LogP contribution in [0.3, 0.4) is 0 Å². The first-order valence-electron chi connectivity index (χ1n) is 7.23. The first-order valence-corrected chi connectivity index (χ1v) is 8.27. The molecule has 1 unspecified atom stereocenters. The molecule has 0 aliphatic carbocycles. The van der Waals surface area contributed by atoms with Gasteiger partial charge in [-0.3, -0.25) is 4.90 Å². The second-order valence-corrected chi connectivity index (χ2v) is 7.05. The average molecular weight is 303 g/mol. The smallest absolute Gasteiger partial charge is 0.128 e. The van der Waals surface area contributed by atoms with Gasteiger partial charge in [-0.1, -0.05) is 6.92 Å².